The molecule has 7 rings (SSSR count). The van der Waals surface area contributed by atoms with Gasteiger partial charge in [-0.3, -0.25) is 0 Å². The first-order chi connectivity index (χ1) is 27.3. The molecule has 5 aromatic rings. The molecule has 0 atom stereocenters. The summed E-state index contributed by atoms with van der Waals surface area (Å²) in [6, 6.07) is 9.25. The second-order valence-electron chi connectivity index (χ2n) is 16.8. The molecular formula is C44H60B2N4O4Se2. The number of hydrogen-bond donors (Lipinski definition) is 4. The van der Waals surface area contributed by atoms with E-state index in [1.807, 2.05) is 0 Å². The van der Waals surface area contributed by atoms with Crippen LogP contribution >= 0.6 is 0 Å². The van der Waals surface area contributed by atoms with Crippen molar-refractivity contribution in [2.75, 3.05) is 0 Å². The van der Waals surface area contributed by atoms with Gasteiger partial charge in [0.15, 0.2) is 0 Å². The van der Waals surface area contributed by atoms with E-state index in [1.54, 1.807) is 0 Å². The van der Waals surface area contributed by atoms with Crippen molar-refractivity contribution in [1.29, 1.82) is 0 Å². The molecular weight excluding hydrogens is 828 g/mol. The van der Waals surface area contributed by atoms with Gasteiger partial charge in [-0.05, 0) is 0 Å². The van der Waals surface area contributed by atoms with Crippen LogP contribution in [0.15, 0.2) is 24.3 Å². The molecule has 3 aromatic carbocycles. The number of nitrogens with zero attached hydrogens (tertiary/aromatic N) is 4. The Labute approximate surface area is 347 Å². The molecule has 0 spiro atoms. The van der Waals surface area contributed by atoms with Crippen molar-refractivity contribution < 1.29 is 20.1 Å². The van der Waals surface area contributed by atoms with Gasteiger partial charge in [0.1, 0.15) is 0 Å². The molecule has 2 aliphatic rings. The molecule has 8 nitrogen and oxygen atoms in total. The van der Waals surface area contributed by atoms with Crippen molar-refractivity contribution in [2.24, 2.45) is 0 Å². The molecule has 12 heteroatoms. The third kappa shape index (κ3) is 7.49. The SMILES string of the molecule is CCCCCCC1(CCCCCC)c2cc3c(cc2-c2c1cc(B(O)O)c1n[se]nc21)C(CCCCCC)(CCCCCC)c1cc(B(O)O)c2n[se]nc2c1-3. The van der Waals surface area contributed by atoms with Crippen LogP contribution in [0.5, 0.6) is 0 Å². The van der Waals surface area contributed by atoms with Gasteiger partial charge in [-0.2, -0.15) is 0 Å². The normalized spacial score (nSPS) is 14.7. The standard InChI is InChI=1S/C44H60B2N4O4Se2/c1-5-9-13-17-21-43(22-18-14-10-6-2)31-25-30-32(26-29(31)37-33(43)27-35(45(51)52)39-41(37)49-55-47-39)44(23-19-15-11-7-3,24-20-16-12-8-4)34-28-36(46(53)54)40-42(38(30)34)50-56-48-40/h25-28,51-54H,5-24H2,1-4H3. The van der Waals surface area contributed by atoms with Gasteiger partial charge >= 0.3 is 349 Å². The predicted octanol–water partition coefficient (Wildman–Crippen LogP) is 7.46. The summed E-state index contributed by atoms with van der Waals surface area (Å²) < 4.78 is 19.8. The van der Waals surface area contributed by atoms with E-state index in [9.17, 15) is 20.1 Å². The van der Waals surface area contributed by atoms with Crippen LogP contribution in [0.3, 0.4) is 0 Å². The molecule has 4 N–H and O–H groups in total. The molecule has 0 fully saturated rings. The van der Waals surface area contributed by atoms with Gasteiger partial charge in [0.2, 0.25) is 0 Å². The van der Waals surface area contributed by atoms with E-state index >= 15 is 0 Å². The van der Waals surface area contributed by atoms with E-state index in [2.05, 4.69) is 52.0 Å². The summed E-state index contributed by atoms with van der Waals surface area (Å²) in [7, 11) is -3.24. The number of hydrogen-bond acceptors (Lipinski definition) is 8. The number of fused-ring (bicyclic) bond motifs is 10. The van der Waals surface area contributed by atoms with Gasteiger partial charge in [-0.25, -0.2) is 0 Å². The molecule has 2 aromatic heterocycles. The van der Waals surface area contributed by atoms with E-state index in [4.69, 9.17) is 15.9 Å². The van der Waals surface area contributed by atoms with Crippen LogP contribution in [0.25, 0.3) is 44.3 Å². The van der Waals surface area contributed by atoms with Gasteiger partial charge in [0.25, 0.3) is 0 Å². The number of aromatic nitrogens is 4. The fourth-order valence-electron chi connectivity index (χ4n) is 10.5. The fourth-order valence-corrected chi connectivity index (χ4v) is 12.9. The van der Waals surface area contributed by atoms with Crippen molar-refractivity contribution >= 4 is 77.2 Å². The average Bonchev–Trinajstić information content (AvgIpc) is 3.98. The van der Waals surface area contributed by atoms with E-state index < -0.39 is 14.2 Å². The predicted molar refractivity (Wildman–Crippen MR) is 234 cm³/mol. The van der Waals surface area contributed by atoms with Gasteiger partial charge in [-0.15, -0.1) is 0 Å². The summed E-state index contributed by atoms with van der Waals surface area (Å²) in [6.45, 7) is 9.06. The molecule has 0 unspecified atom stereocenters. The van der Waals surface area contributed by atoms with Crippen LogP contribution in [0, 0.1) is 0 Å². The minimum absolute atomic E-state index is 0.311. The van der Waals surface area contributed by atoms with E-state index in [1.165, 1.54) is 84.7 Å². The number of unbranched alkanes of at least 4 members (excludes halogenated alkanes) is 12. The van der Waals surface area contributed by atoms with Gasteiger partial charge in [0, 0.05) is 0 Å². The van der Waals surface area contributed by atoms with Gasteiger partial charge < -0.3 is 0 Å². The van der Waals surface area contributed by atoms with Gasteiger partial charge in [0.05, 0.1) is 0 Å². The van der Waals surface area contributed by atoms with E-state index in [0.717, 1.165) is 99.2 Å². The molecule has 2 heterocycles. The van der Waals surface area contributed by atoms with Gasteiger partial charge in [-0.1, -0.05) is 0 Å². The Balaban J connectivity index is 1.55. The molecule has 0 amide bonds. The van der Waals surface area contributed by atoms with Crippen LogP contribution < -0.4 is 10.9 Å². The Morgan fingerprint density at radius 2 is 0.750 bits per heavy atom. The van der Waals surface area contributed by atoms with Crippen molar-refractivity contribution in [3.8, 4) is 22.3 Å². The van der Waals surface area contributed by atoms with E-state index in [0.29, 0.717) is 22.0 Å². The molecule has 0 saturated heterocycles. The van der Waals surface area contributed by atoms with Crippen molar-refractivity contribution in [1.82, 2.24) is 15.9 Å². The first kappa shape index (κ1) is 42.0. The van der Waals surface area contributed by atoms with Crippen LogP contribution in [0.2, 0.25) is 0 Å². The Hall–Kier alpha value is -2.13. The average molecular weight is 889 g/mol. The third-order valence-electron chi connectivity index (χ3n) is 13.3. The molecule has 2 aliphatic carbocycles. The monoisotopic (exact) mass is 890 g/mol. The molecule has 0 saturated carbocycles. The minimum atomic E-state index is -1.62. The zero-order valence-electron chi connectivity index (χ0n) is 34.0. The molecule has 0 aliphatic heterocycles. The Morgan fingerprint density at radius 3 is 1.05 bits per heavy atom. The topological polar surface area (TPSA) is 132 Å². The summed E-state index contributed by atoms with van der Waals surface area (Å²) in [4.78, 5) is 0. The first-order valence-corrected chi connectivity index (χ1v) is 24.9. The van der Waals surface area contributed by atoms with Crippen molar-refractivity contribution in [3.63, 3.8) is 0 Å². The summed E-state index contributed by atoms with van der Waals surface area (Å²) in [6.07, 6.45) is 22.4. The summed E-state index contributed by atoms with van der Waals surface area (Å²) in [5.41, 5.74) is 13.2. The molecule has 56 heavy (non-hydrogen) atoms. The molecule has 0 bridgehead atoms. The van der Waals surface area contributed by atoms with Crippen molar-refractivity contribution in [3.05, 3.63) is 46.5 Å². The maximum absolute atomic E-state index is 10.8. The second-order valence-corrected chi connectivity index (χ2v) is 19.0. The summed E-state index contributed by atoms with van der Waals surface area (Å²) in [5, 5.41) is 43.2. The summed E-state index contributed by atoms with van der Waals surface area (Å²) in [5.74, 6) is 0. The third-order valence-corrected chi connectivity index (χ3v) is 15.5. The van der Waals surface area contributed by atoms with E-state index in [-0.39, 0.29) is 40.8 Å². The Bertz CT molecular complexity index is 1960. The van der Waals surface area contributed by atoms with Crippen LogP contribution in [0.1, 0.15) is 178 Å². The van der Waals surface area contributed by atoms with Crippen LogP contribution in [-0.2, 0) is 10.8 Å². The maximum atomic E-state index is 10.8. The van der Waals surface area contributed by atoms with Crippen LogP contribution in [-0.4, -0.2) is 80.2 Å². The summed E-state index contributed by atoms with van der Waals surface area (Å²) >= 11 is -0.697. The number of rotatable bonds is 22. The van der Waals surface area contributed by atoms with Crippen LogP contribution in [0.4, 0.5) is 0 Å². The quantitative estimate of drug-likeness (QED) is 0.0416. The number of benzene rings is 3. The Morgan fingerprint density at radius 1 is 0.429 bits per heavy atom. The fraction of sp³-hybridized carbons (Fsp3) is 0.591. The second kappa shape index (κ2) is 18.4. The zero-order chi connectivity index (χ0) is 39.5. The zero-order valence-corrected chi connectivity index (χ0v) is 37.4. The molecule has 298 valence electrons. The Kier molecular flexibility index (Phi) is 13.8. The van der Waals surface area contributed by atoms with Crippen molar-refractivity contribution in [2.45, 2.75) is 167 Å². The first-order valence-electron chi connectivity index (χ1n) is 21.8. The molecule has 0 radical (unpaired) electrons.